The summed E-state index contributed by atoms with van der Waals surface area (Å²) in [6.07, 6.45) is 6.13. The van der Waals surface area contributed by atoms with Gasteiger partial charge in [0.15, 0.2) is 0 Å². The number of ketones is 1. The standard InChI is InChI=1S/C31H46ClNO6S2/c1-17(2)29(25-8-9-26(32)40-25)33-27(35)14-18(3)21-6-7-22-28-23(11-13-31(21,22)5)30(4)12-10-20(34)15-19(30)16-24(28)39-41(36,37)38/h8-9,17-19,21-24,28-29H,6-7,10-16H2,1-5H3,(H,33,35)(H,36,37,38)/t18-,19?,21?,22+,23+,24-,28?,29?,30?,31?/m1/s1. The summed E-state index contributed by atoms with van der Waals surface area (Å²) in [5, 5.41) is 3.27. The highest BCUT2D eigenvalue weighted by atomic mass is 35.5. The quantitative estimate of drug-likeness (QED) is 0.293. The highest BCUT2D eigenvalue weighted by Crippen LogP contribution is 2.68. The molecule has 0 radical (unpaired) electrons. The Balaban J connectivity index is 1.34. The van der Waals surface area contributed by atoms with Crippen LogP contribution in [-0.4, -0.2) is 30.8 Å². The van der Waals surface area contributed by atoms with Crippen LogP contribution in [0, 0.1) is 52.3 Å². The molecule has 6 unspecified atom stereocenters. The fraction of sp³-hybridized carbons (Fsp3) is 0.806. The molecule has 4 fully saturated rings. The molecular weight excluding hydrogens is 582 g/mol. The van der Waals surface area contributed by atoms with Crippen LogP contribution < -0.4 is 5.32 Å². The minimum Gasteiger partial charge on any atom is -0.348 e. The van der Waals surface area contributed by atoms with Crippen LogP contribution in [0.4, 0.5) is 0 Å². The largest absolute Gasteiger partial charge is 0.397 e. The first kappa shape index (κ1) is 31.4. The van der Waals surface area contributed by atoms with E-state index in [1.54, 1.807) is 0 Å². The maximum Gasteiger partial charge on any atom is 0.397 e. The van der Waals surface area contributed by atoms with Crippen molar-refractivity contribution < 1.29 is 26.7 Å². The van der Waals surface area contributed by atoms with E-state index in [4.69, 9.17) is 15.8 Å². The van der Waals surface area contributed by atoms with Gasteiger partial charge in [-0.15, -0.1) is 11.3 Å². The van der Waals surface area contributed by atoms with E-state index in [0.717, 1.165) is 37.0 Å². The zero-order valence-electron chi connectivity index (χ0n) is 24.9. The molecule has 10 atom stereocenters. The molecule has 5 rings (SSSR count). The first-order chi connectivity index (χ1) is 19.1. The van der Waals surface area contributed by atoms with Gasteiger partial charge in [0.2, 0.25) is 5.91 Å². The van der Waals surface area contributed by atoms with E-state index < -0.39 is 16.5 Å². The summed E-state index contributed by atoms with van der Waals surface area (Å²) in [6.45, 7) is 11.0. The molecule has 10 heteroatoms. The van der Waals surface area contributed by atoms with Crippen molar-refractivity contribution in [3.8, 4) is 0 Å². The summed E-state index contributed by atoms with van der Waals surface area (Å²) in [7, 11) is -4.63. The van der Waals surface area contributed by atoms with Gasteiger partial charge in [0.1, 0.15) is 5.78 Å². The number of halogens is 1. The lowest BCUT2D eigenvalue weighted by molar-refractivity contribution is -0.164. The van der Waals surface area contributed by atoms with Crippen molar-refractivity contribution in [3.05, 3.63) is 21.3 Å². The molecule has 4 aliphatic rings. The molecule has 0 aromatic carbocycles. The number of Topliss-reactive ketones (excluding diaryl/α,β-unsaturated/α-hetero) is 1. The highest BCUT2D eigenvalue weighted by Gasteiger charge is 2.64. The Morgan fingerprint density at radius 1 is 1.15 bits per heavy atom. The molecule has 1 aromatic heterocycles. The Kier molecular flexibility index (Phi) is 8.81. The second-order valence-corrected chi connectivity index (χ2v) is 17.2. The lowest BCUT2D eigenvalue weighted by Gasteiger charge is -2.62. The molecule has 0 aliphatic heterocycles. The number of thiophene rings is 1. The third-order valence-electron chi connectivity index (χ3n) is 11.9. The molecule has 0 saturated heterocycles. The van der Waals surface area contributed by atoms with E-state index >= 15 is 0 Å². The van der Waals surface area contributed by atoms with Crippen LogP contribution in [0.25, 0.3) is 0 Å². The smallest absolute Gasteiger partial charge is 0.348 e. The Morgan fingerprint density at radius 2 is 1.85 bits per heavy atom. The van der Waals surface area contributed by atoms with Crippen molar-refractivity contribution in [1.82, 2.24) is 5.32 Å². The molecule has 1 amide bonds. The predicted molar refractivity (Wildman–Crippen MR) is 161 cm³/mol. The van der Waals surface area contributed by atoms with Crippen LogP contribution in [-0.2, 0) is 24.2 Å². The van der Waals surface area contributed by atoms with Gasteiger partial charge in [0, 0.05) is 24.1 Å². The Hall–Kier alpha value is -1.000. The Morgan fingerprint density at radius 3 is 2.49 bits per heavy atom. The molecule has 1 heterocycles. The fourth-order valence-corrected chi connectivity index (χ4v) is 11.8. The summed E-state index contributed by atoms with van der Waals surface area (Å²) in [5.74, 6) is 1.61. The van der Waals surface area contributed by atoms with Crippen molar-refractivity contribution in [2.75, 3.05) is 0 Å². The highest BCUT2D eigenvalue weighted by molar-refractivity contribution is 7.80. The SMILES string of the molecule is CC(C)C(NC(=O)C[C@@H](C)C1CC[C@H]2C3[C@H](OS(=O)(=O)O)CC4CC(=O)CCC4(C)[C@H]3CCC12C)c1ccc(Cl)s1. The molecule has 230 valence electrons. The van der Waals surface area contributed by atoms with Crippen molar-refractivity contribution in [2.24, 2.45) is 52.3 Å². The van der Waals surface area contributed by atoms with E-state index in [1.165, 1.54) is 11.3 Å². The van der Waals surface area contributed by atoms with Gasteiger partial charge in [-0.3, -0.25) is 14.1 Å². The van der Waals surface area contributed by atoms with E-state index in [2.05, 4.69) is 39.9 Å². The predicted octanol–water partition coefficient (Wildman–Crippen LogP) is 7.27. The molecule has 2 N–H and O–H groups in total. The summed E-state index contributed by atoms with van der Waals surface area (Å²) in [5.41, 5.74) is -0.0762. The lowest BCUT2D eigenvalue weighted by atomic mass is 9.44. The zero-order chi connectivity index (χ0) is 29.9. The number of hydrogen-bond donors (Lipinski definition) is 2. The zero-order valence-corrected chi connectivity index (χ0v) is 27.3. The van der Waals surface area contributed by atoms with Crippen LogP contribution in [0.5, 0.6) is 0 Å². The molecule has 41 heavy (non-hydrogen) atoms. The molecular formula is C31H46ClNO6S2. The van der Waals surface area contributed by atoms with Gasteiger partial charge < -0.3 is 5.32 Å². The van der Waals surface area contributed by atoms with E-state index in [1.807, 2.05) is 12.1 Å². The third-order valence-corrected chi connectivity index (χ3v) is 13.7. The first-order valence-electron chi connectivity index (χ1n) is 15.3. The van der Waals surface area contributed by atoms with Crippen molar-refractivity contribution in [1.29, 1.82) is 0 Å². The van der Waals surface area contributed by atoms with Gasteiger partial charge in [-0.05, 0) is 103 Å². The normalized spacial score (nSPS) is 38.6. The number of hydrogen-bond acceptors (Lipinski definition) is 6. The van der Waals surface area contributed by atoms with Gasteiger partial charge in [-0.1, -0.05) is 46.2 Å². The second kappa shape index (κ2) is 11.5. The average molecular weight is 628 g/mol. The van der Waals surface area contributed by atoms with Gasteiger partial charge in [-0.2, -0.15) is 8.42 Å². The molecule has 0 bridgehead atoms. The monoisotopic (exact) mass is 627 g/mol. The van der Waals surface area contributed by atoms with Crippen LogP contribution in [0.3, 0.4) is 0 Å². The Labute approximate surface area is 254 Å². The maximum atomic E-state index is 13.4. The van der Waals surface area contributed by atoms with E-state index in [0.29, 0.717) is 35.9 Å². The lowest BCUT2D eigenvalue weighted by Crippen LogP contribution is -2.59. The minimum absolute atomic E-state index is 0.00468. The van der Waals surface area contributed by atoms with Gasteiger partial charge in [0.05, 0.1) is 16.5 Å². The number of nitrogens with one attached hydrogen (secondary N) is 1. The number of carbonyl (C=O) groups is 2. The number of fused-ring (bicyclic) bond motifs is 5. The van der Waals surface area contributed by atoms with Gasteiger partial charge in [-0.25, -0.2) is 4.18 Å². The summed E-state index contributed by atoms with van der Waals surface area (Å²) in [4.78, 5) is 26.8. The topological polar surface area (TPSA) is 110 Å². The van der Waals surface area contributed by atoms with Crippen molar-refractivity contribution in [2.45, 2.75) is 105 Å². The Bertz CT molecular complexity index is 1260. The van der Waals surface area contributed by atoms with Crippen LogP contribution in [0.2, 0.25) is 4.34 Å². The molecule has 7 nitrogen and oxygen atoms in total. The third kappa shape index (κ3) is 6.04. The summed E-state index contributed by atoms with van der Waals surface area (Å²) < 4.78 is 39.9. The van der Waals surface area contributed by atoms with Crippen LogP contribution in [0.1, 0.15) is 103 Å². The van der Waals surface area contributed by atoms with Gasteiger partial charge >= 0.3 is 10.4 Å². The number of amides is 1. The van der Waals surface area contributed by atoms with Crippen LogP contribution in [0.15, 0.2) is 12.1 Å². The molecule has 1 aromatic rings. The van der Waals surface area contributed by atoms with Crippen molar-refractivity contribution >= 4 is 45.0 Å². The average Bonchev–Trinajstić information content (AvgIpc) is 3.45. The van der Waals surface area contributed by atoms with E-state index in [-0.39, 0.29) is 64.1 Å². The summed E-state index contributed by atoms with van der Waals surface area (Å²) >= 11 is 7.68. The van der Waals surface area contributed by atoms with Gasteiger partial charge in [0.25, 0.3) is 0 Å². The minimum atomic E-state index is -4.63. The van der Waals surface area contributed by atoms with Crippen LogP contribution >= 0.6 is 22.9 Å². The maximum absolute atomic E-state index is 13.4. The van der Waals surface area contributed by atoms with Crippen molar-refractivity contribution in [3.63, 3.8) is 0 Å². The second-order valence-electron chi connectivity index (χ2n) is 14.4. The fourth-order valence-electron chi connectivity index (χ4n) is 9.95. The first-order valence-corrected chi connectivity index (χ1v) is 17.9. The molecule has 4 saturated carbocycles. The molecule has 0 spiro atoms. The number of rotatable bonds is 8. The molecule has 4 aliphatic carbocycles. The summed E-state index contributed by atoms with van der Waals surface area (Å²) in [6, 6.07) is 3.79. The number of carbonyl (C=O) groups excluding carboxylic acids is 2. The van der Waals surface area contributed by atoms with E-state index in [9.17, 15) is 22.6 Å².